The summed E-state index contributed by atoms with van der Waals surface area (Å²) in [6, 6.07) is 0. The van der Waals surface area contributed by atoms with Crippen molar-refractivity contribution in [3.05, 3.63) is 0 Å². The van der Waals surface area contributed by atoms with E-state index >= 15 is 0 Å². The van der Waals surface area contributed by atoms with Gasteiger partial charge in [-0.3, -0.25) is 19.2 Å². The van der Waals surface area contributed by atoms with Gasteiger partial charge in [-0.25, -0.2) is 0 Å². The van der Waals surface area contributed by atoms with Gasteiger partial charge in [-0.15, -0.1) is 0 Å². The predicted octanol–water partition coefficient (Wildman–Crippen LogP) is 0.896. The lowest BCUT2D eigenvalue weighted by molar-refractivity contribution is -0.181. The molecule has 0 heterocycles. The summed E-state index contributed by atoms with van der Waals surface area (Å²) >= 11 is 0. The lowest BCUT2D eigenvalue weighted by Gasteiger charge is -2.68. The van der Waals surface area contributed by atoms with Crippen molar-refractivity contribution >= 4 is 23.8 Å². The van der Waals surface area contributed by atoms with E-state index in [4.69, 9.17) is 0 Å². The van der Waals surface area contributed by atoms with Crippen LogP contribution in [0.1, 0.15) is 58.8 Å². The van der Waals surface area contributed by atoms with Crippen molar-refractivity contribution in [2.24, 2.45) is 17.3 Å². The molecule has 4 fully saturated rings. The van der Waals surface area contributed by atoms with Gasteiger partial charge in [0.1, 0.15) is 0 Å². The molecule has 0 aromatic heterocycles. The molecule has 0 aromatic carbocycles. The van der Waals surface area contributed by atoms with E-state index in [1.165, 1.54) is 13.8 Å². The maximum Gasteiger partial charge on any atom is 0.303 e. The first-order valence-electron chi connectivity index (χ1n) is 9.01. The molecule has 26 heavy (non-hydrogen) atoms. The number of carbonyl (C=O) groups excluding carboxylic acids is 2. The number of hydrogen-bond donors (Lipinski definition) is 4. The molecule has 8 heteroatoms. The zero-order chi connectivity index (χ0) is 19.3. The molecule has 0 radical (unpaired) electrons. The molecular formula is C18H26N2O6. The maximum atomic E-state index is 11.8. The highest BCUT2D eigenvalue weighted by molar-refractivity contribution is 5.76. The quantitative estimate of drug-likeness (QED) is 0.552. The second-order valence-electron chi connectivity index (χ2n) is 8.68. The number of carboxylic acids is 2. The minimum Gasteiger partial charge on any atom is -0.481 e. The number of carbonyl (C=O) groups is 4. The van der Waals surface area contributed by atoms with Crippen LogP contribution in [0.15, 0.2) is 0 Å². The van der Waals surface area contributed by atoms with E-state index in [0.29, 0.717) is 32.1 Å². The average molecular weight is 366 g/mol. The molecule has 4 rings (SSSR count). The van der Waals surface area contributed by atoms with Gasteiger partial charge < -0.3 is 20.8 Å². The van der Waals surface area contributed by atoms with Gasteiger partial charge in [-0.1, -0.05) is 0 Å². The van der Waals surface area contributed by atoms with Crippen LogP contribution in [0.3, 0.4) is 0 Å². The van der Waals surface area contributed by atoms with Crippen LogP contribution in [0, 0.1) is 17.3 Å². The lowest BCUT2D eigenvalue weighted by atomic mass is 9.39. The fourth-order valence-corrected chi connectivity index (χ4v) is 6.52. The molecular weight excluding hydrogens is 340 g/mol. The van der Waals surface area contributed by atoms with E-state index < -0.39 is 28.4 Å². The number of aliphatic carboxylic acids is 2. The third-order valence-electron chi connectivity index (χ3n) is 6.69. The van der Waals surface area contributed by atoms with Crippen molar-refractivity contribution in [3.63, 3.8) is 0 Å². The predicted molar refractivity (Wildman–Crippen MR) is 90.1 cm³/mol. The first-order valence-corrected chi connectivity index (χ1v) is 9.01. The van der Waals surface area contributed by atoms with E-state index in [1.54, 1.807) is 0 Å². The summed E-state index contributed by atoms with van der Waals surface area (Å²) in [5.74, 6) is -2.66. The Hall–Kier alpha value is -2.12. The Morgan fingerprint density at radius 2 is 1.15 bits per heavy atom. The third kappa shape index (κ3) is 3.05. The topological polar surface area (TPSA) is 133 Å². The van der Waals surface area contributed by atoms with Gasteiger partial charge in [0.15, 0.2) is 0 Å². The largest absolute Gasteiger partial charge is 0.481 e. The molecule has 0 saturated heterocycles. The first-order chi connectivity index (χ1) is 12.0. The van der Waals surface area contributed by atoms with Crippen molar-refractivity contribution in [2.75, 3.05) is 0 Å². The van der Waals surface area contributed by atoms with Crippen LogP contribution in [0.5, 0.6) is 0 Å². The molecule has 4 saturated carbocycles. The van der Waals surface area contributed by atoms with Crippen LogP contribution < -0.4 is 10.6 Å². The van der Waals surface area contributed by atoms with E-state index in [1.807, 2.05) is 0 Å². The van der Waals surface area contributed by atoms with E-state index in [-0.39, 0.29) is 36.5 Å². The SMILES string of the molecule is CC(=O)NC12CC3CC(NC(C)=O)(CC(C1)C3(CC(=O)O)CC(=O)O)C2. The van der Waals surface area contributed by atoms with Gasteiger partial charge in [0.25, 0.3) is 0 Å². The average Bonchev–Trinajstić information content (AvgIpc) is 2.39. The van der Waals surface area contributed by atoms with Gasteiger partial charge in [-0.2, -0.15) is 0 Å². The Labute approximate surface area is 151 Å². The van der Waals surface area contributed by atoms with Crippen LogP contribution in [0.4, 0.5) is 0 Å². The number of carboxylic acid groups (broad SMARTS) is 2. The number of nitrogens with one attached hydrogen (secondary N) is 2. The smallest absolute Gasteiger partial charge is 0.303 e. The summed E-state index contributed by atoms with van der Waals surface area (Å²) in [5, 5.41) is 25.0. The summed E-state index contributed by atoms with van der Waals surface area (Å²) in [5.41, 5.74) is -1.83. The van der Waals surface area contributed by atoms with Crippen LogP contribution in [-0.4, -0.2) is 45.0 Å². The Balaban J connectivity index is 2.03. The summed E-state index contributed by atoms with van der Waals surface area (Å²) in [4.78, 5) is 46.7. The molecule has 0 aromatic rings. The lowest BCUT2D eigenvalue weighted by Crippen LogP contribution is -2.74. The second kappa shape index (κ2) is 5.96. The Bertz CT molecular complexity index is 605. The fourth-order valence-electron chi connectivity index (χ4n) is 6.52. The van der Waals surface area contributed by atoms with Crippen molar-refractivity contribution in [1.29, 1.82) is 0 Å². The van der Waals surface area contributed by atoms with E-state index in [0.717, 1.165) is 0 Å². The zero-order valence-electron chi connectivity index (χ0n) is 15.1. The standard InChI is InChI=1S/C18H26N2O6/c1-10(21)19-16-3-12-5-17(9-16,20-11(2)22)6-13(4-16)18(12,7-14(23)24)8-15(25)26/h12-13H,3-9H2,1-2H3,(H,19,21)(H,20,22)(H,23,24)(H,25,26). The van der Waals surface area contributed by atoms with Gasteiger partial charge in [-0.05, 0) is 49.4 Å². The molecule has 4 bridgehead atoms. The molecule has 0 atom stereocenters. The van der Waals surface area contributed by atoms with Crippen LogP contribution in [0.2, 0.25) is 0 Å². The Morgan fingerprint density at radius 1 is 0.808 bits per heavy atom. The minimum atomic E-state index is -0.999. The van der Waals surface area contributed by atoms with Crippen LogP contribution in [0.25, 0.3) is 0 Å². The first kappa shape index (κ1) is 18.7. The molecule has 0 aliphatic heterocycles. The van der Waals surface area contributed by atoms with Gasteiger partial charge in [0.2, 0.25) is 11.8 Å². The summed E-state index contributed by atoms with van der Waals surface area (Å²) in [6.45, 7) is 2.90. The summed E-state index contributed by atoms with van der Waals surface area (Å²) in [7, 11) is 0. The van der Waals surface area contributed by atoms with Gasteiger partial charge >= 0.3 is 11.9 Å². The van der Waals surface area contributed by atoms with Crippen molar-refractivity contribution < 1.29 is 29.4 Å². The summed E-state index contributed by atoms with van der Waals surface area (Å²) < 4.78 is 0. The van der Waals surface area contributed by atoms with Crippen molar-refractivity contribution in [1.82, 2.24) is 10.6 Å². The van der Waals surface area contributed by atoms with Gasteiger partial charge in [0.05, 0.1) is 12.8 Å². The fraction of sp³-hybridized carbons (Fsp3) is 0.778. The van der Waals surface area contributed by atoms with E-state index in [2.05, 4.69) is 10.6 Å². The third-order valence-corrected chi connectivity index (χ3v) is 6.69. The molecule has 0 spiro atoms. The maximum absolute atomic E-state index is 11.8. The second-order valence-corrected chi connectivity index (χ2v) is 8.68. The molecule has 8 nitrogen and oxygen atoms in total. The summed E-state index contributed by atoms with van der Waals surface area (Å²) in [6.07, 6.45) is 2.47. The zero-order valence-corrected chi connectivity index (χ0v) is 15.1. The molecule has 4 aliphatic carbocycles. The van der Waals surface area contributed by atoms with Crippen molar-refractivity contribution in [2.45, 2.75) is 69.9 Å². The highest BCUT2D eigenvalue weighted by atomic mass is 16.4. The number of amides is 2. The normalized spacial score (nSPS) is 36.4. The number of hydrogen-bond acceptors (Lipinski definition) is 4. The van der Waals surface area contributed by atoms with Crippen LogP contribution >= 0.6 is 0 Å². The van der Waals surface area contributed by atoms with E-state index in [9.17, 15) is 29.4 Å². The molecule has 144 valence electrons. The van der Waals surface area contributed by atoms with Crippen LogP contribution in [-0.2, 0) is 19.2 Å². The molecule has 4 N–H and O–H groups in total. The van der Waals surface area contributed by atoms with Gasteiger partial charge in [0, 0.05) is 24.9 Å². The minimum absolute atomic E-state index is 0.160. The van der Waals surface area contributed by atoms with Crippen molar-refractivity contribution in [3.8, 4) is 0 Å². The Kier molecular flexibility index (Phi) is 4.28. The molecule has 2 amide bonds. The monoisotopic (exact) mass is 366 g/mol. The number of rotatable bonds is 6. The highest BCUT2D eigenvalue weighted by Crippen LogP contribution is 2.67. The molecule has 0 unspecified atom stereocenters. The Morgan fingerprint density at radius 3 is 1.42 bits per heavy atom. The molecule has 4 aliphatic rings. The highest BCUT2D eigenvalue weighted by Gasteiger charge is 2.67.